The zero-order chi connectivity index (χ0) is 27.3. The number of hydrogen-bond donors (Lipinski definition) is 2. The molecule has 0 atom stereocenters. The first-order valence-corrected chi connectivity index (χ1v) is 12.1. The summed E-state index contributed by atoms with van der Waals surface area (Å²) in [5.74, 6) is 0.121. The number of alkyl halides is 3. The number of ether oxygens (including phenoxy) is 1. The highest BCUT2D eigenvalue weighted by Crippen LogP contribution is 2.24. The number of nitrogens with zero attached hydrogens (tertiary/aromatic N) is 3. The van der Waals surface area contributed by atoms with Gasteiger partial charge in [0, 0.05) is 17.7 Å². The van der Waals surface area contributed by atoms with Crippen LogP contribution < -0.4 is 15.4 Å². The number of rotatable bonds is 7. The van der Waals surface area contributed by atoms with Gasteiger partial charge in [0.05, 0.1) is 5.69 Å². The first-order chi connectivity index (χ1) is 18.1. The molecule has 1 heterocycles. The fourth-order valence-electron chi connectivity index (χ4n) is 3.70. The molecule has 0 unspecified atom stereocenters. The third kappa shape index (κ3) is 6.94. The second kappa shape index (κ2) is 11.4. The first kappa shape index (κ1) is 26.8. The summed E-state index contributed by atoms with van der Waals surface area (Å²) in [5, 5.41) is 9.92. The third-order valence-corrected chi connectivity index (χ3v) is 5.93. The second-order valence-electron chi connectivity index (χ2n) is 8.40. The fraction of sp³-hybridized carbons (Fsp3) is 0.185. The summed E-state index contributed by atoms with van der Waals surface area (Å²) in [6.45, 7) is 4.30. The molecule has 0 aliphatic rings. The Balaban J connectivity index is 1.33. The van der Waals surface area contributed by atoms with Gasteiger partial charge in [0.1, 0.15) is 17.1 Å². The van der Waals surface area contributed by atoms with Crippen LogP contribution in [-0.2, 0) is 13.0 Å². The molecule has 196 valence electrons. The zero-order valence-electron chi connectivity index (χ0n) is 20.5. The Morgan fingerprint density at radius 2 is 1.76 bits per heavy atom. The standard InChI is InChI=1S/C27H24F3N5O2S/c1-3-19-7-4-17(2)14-23(19)25(38)33-26(36)31-15-18-5-8-20(9-6-18)24-32-16-35(34-24)21-10-12-22(13-11-21)37-27(28,29)30/h4-14,16H,3,15H2,1-2H3,(H2,31,33,36,38). The Kier molecular flexibility index (Phi) is 8.06. The Morgan fingerprint density at radius 1 is 1.05 bits per heavy atom. The van der Waals surface area contributed by atoms with Crippen molar-refractivity contribution in [2.24, 2.45) is 0 Å². The molecule has 0 saturated heterocycles. The molecule has 0 aliphatic carbocycles. The number of carbonyl (C=O) groups excluding carboxylic acids is 1. The van der Waals surface area contributed by atoms with Gasteiger partial charge in [0.2, 0.25) is 0 Å². The van der Waals surface area contributed by atoms with E-state index in [1.54, 1.807) is 0 Å². The Labute approximate surface area is 222 Å². The van der Waals surface area contributed by atoms with Crippen molar-refractivity contribution < 1.29 is 22.7 Å². The van der Waals surface area contributed by atoms with E-state index in [4.69, 9.17) is 12.2 Å². The summed E-state index contributed by atoms with van der Waals surface area (Å²) < 4.78 is 42.4. The van der Waals surface area contributed by atoms with E-state index >= 15 is 0 Å². The van der Waals surface area contributed by atoms with Crippen molar-refractivity contribution in [2.45, 2.75) is 33.2 Å². The molecular formula is C27H24F3N5O2S. The van der Waals surface area contributed by atoms with Crippen LogP contribution in [0.3, 0.4) is 0 Å². The number of carbonyl (C=O) groups is 1. The van der Waals surface area contributed by atoms with E-state index in [9.17, 15) is 18.0 Å². The summed E-state index contributed by atoms with van der Waals surface area (Å²) in [4.78, 5) is 17.1. The predicted molar refractivity (Wildman–Crippen MR) is 141 cm³/mol. The molecule has 0 aliphatic heterocycles. The average molecular weight is 540 g/mol. The maximum absolute atomic E-state index is 12.4. The SMILES string of the molecule is CCc1ccc(C)cc1C(=S)NC(=O)NCc1ccc(-c2ncn(-c3ccc(OC(F)(F)F)cc3)n2)cc1. The maximum atomic E-state index is 12.4. The smallest absolute Gasteiger partial charge is 0.406 e. The molecule has 0 bridgehead atoms. The number of thiocarbonyl (C=S) groups is 1. The lowest BCUT2D eigenvalue weighted by molar-refractivity contribution is -0.274. The van der Waals surface area contributed by atoms with Crippen LogP contribution in [-0.4, -0.2) is 32.1 Å². The summed E-state index contributed by atoms with van der Waals surface area (Å²) in [7, 11) is 0. The van der Waals surface area contributed by atoms with Crippen LogP contribution in [0.4, 0.5) is 18.0 Å². The molecule has 0 radical (unpaired) electrons. The summed E-state index contributed by atoms with van der Waals surface area (Å²) in [5.41, 5.74) is 5.11. The second-order valence-corrected chi connectivity index (χ2v) is 8.81. The van der Waals surface area contributed by atoms with Crippen molar-refractivity contribution in [3.05, 3.63) is 95.3 Å². The van der Waals surface area contributed by atoms with E-state index in [2.05, 4.69) is 25.5 Å². The molecule has 3 aromatic carbocycles. The van der Waals surface area contributed by atoms with Crippen molar-refractivity contribution in [2.75, 3.05) is 0 Å². The fourth-order valence-corrected chi connectivity index (χ4v) is 3.98. The van der Waals surface area contributed by atoms with Crippen molar-refractivity contribution in [3.63, 3.8) is 0 Å². The Bertz CT molecular complexity index is 1430. The van der Waals surface area contributed by atoms with E-state index in [-0.39, 0.29) is 12.3 Å². The maximum Gasteiger partial charge on any atom is 0.573 e. The monoisotopic (exact) mass is 539 g/mol. The molecule has 11 heteroatoms. The van der Waals surface area contributed by atoms with Gasteiger partial charge >= 0.3 is 12.4 Å². The van der Waals surface area contributed by atoms with Gasteiger partial charge in [0.25, 0.3) is 0 Å². The molecule has 7 nitrogen and oxygen atoms in total. The lowest BCUT2D eigenvalue weighted by atomic mass is 10.0. The molecule has 4 aromatic rings. The summed E-state index contributed by atoms with van der Waals surface area (Å²) in [6, 6.07) is 18.2. The number of hydrogen-bond acceptors (Lipinski definition) is 5. The number of aryl methyl sites for hydroxylation is 2. The molecule has 0 saturated carbocycles. The molecule has 2 amide bonds. The molecule has 0 fully saturated rings. The Hall–Kier alpha value is -4.25. The predicted octanol–water partition coefficient (Wildman–Crippen LogP) is 5.88. The van der Waals surface area contributed by atoms with E-state index in [0.29, 0.717) is 16.5 Å². The number of urea groups is 1. The number of amides is 2. The van der Waals surface area contributed by atoms with Gasteiger partial charge in [-0.2, -0.15) is 0 Å². The quantitative estimate of drug-likeness (QED) is 0.287. The van der Waals surface area contributed by atoms with Crippen molar-refractivity contribution in [3.8, 4) is 22.8 Å². The zero-order valence-corrected chi connectivity index (χ0v) is 21.4. The lowest BCUT2D eigenvalue weighted by Gasteiger charge is -2.13. The van der Waals surface area contributed by atoms with Crippen LogP contribution >= 0.6 is 12.2 Å². The van der Waals surface area contributed by atoms with Crippen LogP contribution in [0, 0.1) is 6.92 Å². The van der Waals surface area contributed by atoms with E-state index in [1.165, 1.54) is 35.3 Å². The van der Waals surface area contributed by atoms with E-state index in [1.807, 2.05) is 56.3 Å². The normalized spacial score (nSPS) is 11.2. The molecule has 1 aromatic heterocycles. The molecular weight excluding hydrogens is 515 g/mol. The average Bonchev–Trinajstić information content (AvgIpc) is 3.37. The molecule has 38 heavy (non-hydrogen) atoms. The van der Waals surface area contributed by atoms with Crippen LogP contribution in [0.1, 0.15) is 29.2 Å². The van der Waals surface area contributed by atoms with Gasteiger partial charge in [-0.25, -0.2) is 14.5 Å². The van der Waals surface area contributed by atoms with E-state index < -0.39 is 12.4 Å². The highest BCUT2D eigenvalue weighted by Gasteiger charge is 2.31. The lowest BCUT2D eigenvalue weighted by Crippen LogP contribution is -2.38. The minimum Gasteiger partial charge on any atom is -0.406 e. The molecule has 0 spiro atoms. The van der Waals surface area contributed by atoms with Gasteiger partial charge in [-0.1, -0.05) is 61.1 Å². The topological polar surface area (TPSA) is 81.1 Å². The van der Waals surface area contributed by atoms with Crippen LogP contribution in [0.25, 0.3) is 17.1 Å². The van der Waals surface area contributed by atoms with Gasteiger partial charge < -0.3 is 10.1 Å². The molecule has 2 N–H and O–H groups in total. The highest BCUT2D eigenvalue weighted by molar-refractivity contribution is 7.80. The van der Waals surface area contributed by atoms with Gasteiger partial charge in [-0.15, -0.1) is 18.3 Å². The van der Waals surface area contributed by atoms with Crippen molar-refractivity contribution in [1.82, 2.24) is 25.4 Å². The third-order valence-electron chi connectivity index (χ3n) is 5.61. The summed E-state index contributed by atoms with van der Waals surface area (Å²) in [6.07, 6.45) is -2.47. The van der Waals surface area contributed by atoms with Gasteiger partial charge in [-0.05, 0) is 54.8 Å². The number of benzene rings is 3. The number of nitrogens with one attached hydrogen (secondary N) is 2. The minimum atomic E-state index is -4.75. The van der Waals surface area contributed by atoms with Crippen LogP contribution in [0.5, 0.6) is 5.75 Å². The molecule has 4 rings (SSSR count). The van der Waals surface area contributed by atoms with Crippen LogP contribution in [0.2, 0.25) is 0 Å². The van der Waals surface area contributed by atoms with Crippen molar-refractivity contribution >= 4 is 23.2 Å². The van der Waals surface area contributed by atoms with Crippen molar-refractivity contribution in [1.29, 1.82) is 0 Å². The largest absolute Gasteiger partial charge is 0.573 e. The summed E-state index contributed by atoms with van der Waals surface area (Å²) >= 11 is 5.44. The van der Waals surface area contributed by atoms with E-state index in [0.717, 1.165) is 34.2 Å². The number of aromatic nitrogens is 3. The minimum absolute atomic E-state index is 0.289. The van der Waals surface area contributed by atoms with Crippen LogP contribution in [0.15, 0.2) is 73.1 Å². The number of halogens is 3. The highest BCUT2D eigenvalue weighted by atomic mass is 32.1. The Morgan fingerprint density at radius 3 is 2.42 bits per heavy atom. The van der Waals surface area contributed by atoms with Gasteiger partial charge in [0.15, 0.2) is 5.82 Å². The van der Waals surface area contributed by atoms with Gasteiger partial charge in [-0.3, -0.25) is 5.32 Å². The first-order valence-electron chi connectivity index (χ1n) is 11.7.